The second-order valence-corrected chi connectivity index (χ2v) is 6.65. The molecule has 1 amide bonds. The number of nitrogens with two attached hydrogens (primary N) is 1. The van der Waals surface area contributed by atoms with Gasteiger partial charge in [0.05, 0.1) is 5.54 Å². The standard InChI is InChI=1S/C14H19BrN2O.ClH/c1-13(2,10-4-3-5-11(15)8-10)9-17-12(18)14(16)6-7-14;/h3-5,8H,6-7,9,16H2,1-2H3,(H,17,18);1H. The predicted molar refractivity (Wildman–Crippen MR) is 83.6 cm³/mol. The molecule has 19 heavy (non-hydrogen) atoms. The second-order valence-electron chi connectivity index (χ2n) is 5.73. The van der Waals surface area contributed by atoms with Crippen LogP contribution in [0.25, 0.3) is 0 Å². The highest BCUT2D eigenvalue weighted by molar-refractivity contribution is 9.10. The molecule has 5 heteroatoms. The van der Waals surface area contributed by atoms with E-state index in [1.54, 1.807) is 0 Å². The third-order valence-corrected chi connectivity index (χ3v) is 4.03. The van der Waals surface area contributed by atoms with Gasteiger partial charge in [-0.15, -0.1) is 12.4 Å². The number of carbonyl (C=O) groups excluding carboxylic acids is 1. The van der Waals surface area contributed by atoms with Crippen molar-refractivity contribution in [2.75, 3.05) is 6.54 Å². The van der Waals surface area contributed by atoms with Crippen LogP contribution in [0.2, 0.25) is 0 Å². The summed E-state index contributed by atoms with van der Waals surface area (Å²) in [6, 6.07) is 8.17. The van der Waals surface area contributed by atoms with E-state index in [9.17, 15) is 4.79 Å². The fraction of sp³-hybridized carbons (Fsp3) is 0.500. The van der Waals surface area contributed by atoms with Crippen molar-refractivity contribution in [3.05, 3.63) is 34.3 Å². The van der Waals surface area contributed by atoms with Crippen molar-refractivity contribution in [3.8, 4) is 0 Å². The molecule has 1 fully saturated rings. The van der Waals surface area contributed by atoms with Crippen LogP contribution in [0.3, 0.4) is 0 Å². The minimum absolute atomic E-state index is 0. The maximum Gasteiger partial charge on any atom is 0.240 e. The van der Waals surface area contributed by atoms with Crippen LogP contribution in [0, 0.1) is 0 Å². The molecule has 0 saturated heterocycles. The molecule has 2 rings (SSSR count). The number of amides is 1. The van der Waals surface area contributed by atoms with Crippen LogP contribution in [0.5, 0.6) is 0 Å². The Labute approximate surface area is 128 Å². The Bertz CT molecular complexity index is 472. The molecule has 0 heterocycles. The SMILES string of the molecule is CC(C)(CNC(=O)C1(N)CC1)c1cccc(Br)c1.Cl. The van der Waals surface area contributed by atoms with E-state index in [2.05, 4.69) is 47.2 Å². The Morgan fingerprint density at radius 3 is 2.63 bits per heavy atom. The van der Waals surface area contributed by atoms with Crippen LogP contribution in [-0.2, 0) is 10.2 Å². The average Bonchev–Trinajstić information content (AvgIpc) is 3.06. The molecular formula is C14H20BrClN2O. The molecule has 1 aliphatic rings. The van der Waals surface area contributed by atoms with Crippen LogP contribution in [0.1, 0.15) is 32.3 Å². The lowest BCUT2D eigenvalue weighted by Gasteiger charge is -2.26. The number of hydrogen-bond acceptors (Lipinski definition) is 2. The molecule has 3 N–H and O–H groups in total. The fourth-order valence-electron chi connectivity index (χ4n) is 1.85. The quantitative estimate of drug-likeness (QED) is 0.880. The Morgan fingerprint density at radius 2 is 2.11 bits per heavy atom. The van der Waals surface area contributed by atoms with Gasteiger partial charge in [-0.25, -0.2) is 0 Å². The van der Waals surface area contributed by atoms with E-state index >= 15 is 0 Å². The van der Waals surface area contributed by atoms with Crippen LogP contribution >= 0.6 is 28.3 Å². The van der Waals surface area contributed by atoms with Gasteiger partial charge in [0.2, 0.25) is 5.91 Å². The van der Waals surface area contributed by atoms with E-state index in [0.29, 0.717) is 6.54 Å². The third-order valence-electron chi connectivity index (χ3n) is 3.54. The maximum atomic E-state index is 11.8. The molecule has 1 aromatic rings. The number of rotatable bonds is 4. The van der Waals surface area contributed by atoms with E-state index in [4.69, 9.17) is 5.73 Å². The van der Waals surface area contributed by atoms with E-state index in [1.165, 1.54) is 5.56 Å². The number of hydrogen-bond donors (Lipinski definition) is 2. The summed E-state index contributed by atoms with van der Waals surface area (Å²) in [5.74, 6) is -0.0226. The second kappa shape index (κ2) is 5.81. The number of benzene rings is 1. The molecule has 1 saturated carbocycles. The fourth-order valence-corrected chi connectivity index (χ4v) is 2.25. The van der Waals surface area contributed by atoms with Crippen molar-refractivity contribution >= 4 is 34.2 Å². The molecule has 0 atom stereocenters. The van der Waals surface area contributed by atoms with Crippen LogP contribution < -0.4 is 11.1 Å². The normalized spacial score (nSPS) is 16.4. The Morgan fingerprint density at radius 1 is 1.47 bits per heavy atom. The van der Waals surface area contributed by atoms with E-state index in [-0.39, 0.29) is 23.7 Å². The van der Waals surface area contributed by atoms with Crippen molar-refractivity contribution in [3.63, 3.8) is 0 Å². The molecule has 0 aromatic heterocycles. The van der Waals surface area contributed by atoms with E-state index < -0.39 is 5.54 Å². The monoisotopic (exact) mass is 346 g/mol. The highest BCUT2D eigenvalue weighted by Crippen LogP contribution is 2.32. The minimum Gasteiger partial charge on any atom is -0.354 e. The summed E-state index contributed by atoms with van der Waals surface area (Å²) in [6.07, 6.45) is 1.60. The lowest BCUT2D eigenvalue weighted by atomic mass is 9.84. The van der Waals surface area contributed by atoms with Gasteiger partial charge in [-0.2, -0.15) is 0 Å². The summed E-state index contributed by atoms with van der Waals surface area (Å²) in [6.45, 7) is 4.83. The first-order valence-electron chi connectivity index (χ1n) is 6.17. The molecule has 0 radical (unpaired) electrons. The summed E-state index contributed by atoms with van der Waals surface area (Å²) >= 11 is 3.47. The maximum absolute atomic E-state index is 11.8. The first-order valence-corrected chi connectivity index (χ1v) is 6.96. The number of carbonyl (C=O) groups is 1. The Kier molecular flexibility index (Phi) is 5.04. The van der Waals surface area contributed by atoms with Gasteiger partial charge in [0, 0.05) is 16.4 Å². The lowest BCUT2D eigenvalue weighted by molar-refractivity contribution is -0.123. The molecule has 1 aromatic carbocycles. The average molecular weight is 348 g/mol. The van der Waals surface area contributed by atoms with Gasteiger partial charge in [0.1, 0.15) is 0 Å². The van der Waals surface area contributed by atoms with Gasteiger partial charge >= 0.3 is 0 Å². The lowest BCUT2D eigenvalue weighted by Crippen LogP contribution is -2.46. The molecule has 3 nitrogen and oxygen atoms in total. The van der Waals surface area contributed by atoms with Crippen molar-refractivity contribution in [1.82, 2.24) is 5.32 Å². The smallest absolute Gasteiger partial charge is 0.240 e. The van der Waals surface area contributed by atoms with Gasteiger partial charge in [0.25, 0.3) is 0 Å². The van der Waals surface area contributed by atoms with Gasteiger partial charge in [-0.3, -0.25) is 4.79 Å². The molecule has 0 unspecified atom stereocenters. The zero-order chi connectivity index (χ0) is 13.4. The highest BCUT2D eigenvalue weighted by atomic mass is 79.9. The summed E-state index contributed by atoms with van der Waals surface area (Å²) < 4.78 is 1.05. The third kappa shape index (κ3) is 3.94. The van der Waals surface area contributed by atoms with Gasteiger partial charge in [0.15, 0.2) is 0 Å². The van der Waals surface area contributed by atoms with Crippen molar-refractivity contribution < 1.29 is 4.79 Å². The zero-order valence-electron chi connectivity index (χ0n) is 11.2. The Hall–Kier alpha value is -0.580. The zero-order valence-corrected chi connectivity index (χ0v) is 13.6. The van der Waals surface area contributed by atoms with Gasteiger partial charge in [-0.05, 0) is 30.5 Å². The van der Waals surface area contributed by atoms with Crippen LogP contribution in [-0.4, -0.2) is 18.0 Å². The van der Waals surface area contributed by atoms with Gasteiger partial charge < -0.3 is 11.1 Å². The van der Waals surface area contributed by atoms with Gasteiger partial charge in [-0.1, -0.05) is 41.9 Å². The Balaban J connectivity index is 0.00000180. The predicted octanol–water partition coefficient (Wildman–Crippen LogP) is 2.76. The van der Waals surface area contributed by atoms with Crippen molar-refractivity contribution in [2.24, 2.45) is 5.73 Å². The summed E-state index contributed by atoms with van der Waals surface area (Å²) in [4.78, 5) is 11.8. The first-order chi connectivity index (χ1) is 8.33. The largest absolute Gasteiger partial charge is 0.354 e. The van der Waals surface area contributed by atoms with E-state index in [1.807, 2.05) is 12.1 Å². The topological polar surface area (TPSA) is 55.1 Å². The summed E-state index contributed by atoms with van der Waals surface area (Å²) in [5, 5.41) is 2.96. The summed E-state index contributed by atoms with van der Waals surface area (Å²) in [7, 11) is 0. The molecule has 106 valence electrons. The number of halogens is 2. The van der Waals surface area contributed by atoms with E-state index in [0.717, 1.165) is 17.3 Å². The highest BCUT2D eigenvalue weighted by Gasteiger charge is 2.46. The molecular weight excluding hydrogens is 328 g/mol. The molecule has 0 bridgehead atoms. The first kappa shape index (κ1) is 16.5. The number of nitrogens with one attached hydrogen (secondary N) is 1. The summed E-state index contributed by atoms with van der Waals surface area (Å²) in [5.41, 5.74) is 6.36. The molecule has 0 spiro atoms. The van der Waals surface area contributed by atoms with Crippen molar-refractivity contribution in [1.29, 1.82) is 0 Å². The van der Waals surface area contributed by atoms with Crippen LogP contribution in [0.15, 0.2) is 28.7 Å². The molecule has 1 aliphatic carbocycles. The van der Waals surface area contributed by atoms with Crippen LogP contribution in [0.4, 0.5) is 0 Å². The van der Waals surface area contributed by atoms with Crippen molar-refractivity contribution in [2.45, 2.75) is 37.6 Å². The minimum atomic E-state index is -0.590. The molecule has 0 aliphatic heterocycles.